The number of hydrogen-bond donors (Lipinski definition) is 0. The molecule has 0 amide bonds. The van der Waals surface area contributed by atoms with Crippen LogP contribution in [0, 0.1) is 0 Å². The quantitative estimate of drug-likeness (QED) is 0.615. The van der Waals surface area contributed by atoms with Crippen molar-refractivity contribution in [2.45, 2.75) is 26.7 Å². The minimum Gasteiger partial charge on any atom is -0.301 e. The second-order valence-corrected chi connectivity index (χ2v) is 2.69. The van der Waals surface area contributed by atoms with Crippen molar-refractivity contribution < 1.29 is 0 Å². The lowest BCUT2D eigenvalue weighted by atomic mass is 10.0. The van der Waals surface area contributed by atoms with Gasteiger partial charge < -0.3 is 5.73 Å². The molecule has 0 unspecified atom stereocenters. The van der Waals surface area contributed by atoms with E-state index in [0.717, 1.165) is 12.8 Å². The Bertz CT molecular complexity index is 241. The zero-order valence-electron chi connectivity index (χ0n) is 7.15. The molecule has 0 aliphatic heterocycles. The van der Waals surface area contributed by atoms with Gasteiger partial charge in [-0.2, -0.15) is 0 Å². The van der Waals surface area contributed by atoms with Crippen LogP contribution >= 0.6 is 0 Å². The number of aryl methyl sites for hydroxylation is 2. The Labute approximate surface area is 68.2 Å². The molecule has 0 fully saturated rings. The van der Waals surface area contributed by atoms with Crippen LogP contribution in [0.1, 0.15) is 25.0 Å². The number of nitrogens with one attached hydrogen (secondary N) is 1. The highest BCUT2D eigenvalue weighted by Crippen LogP contribution is 2.15. The van der Waals surface area contributed by atoms with Gasteiger partial charge in [0.2, 0.25) is 0 Å². The van der Waals surface area contributed by atoms with Crippen LogP contribution in [0.4, 0.5) is 5.69 Å². The molecule has 1 heteroatoms. The molecular weight excluding hydrogens is 134 g/mol. The van der Waals surface area contributed by atoms with Crippen LogP contribution in [-0.4, -0.2) is 0 Å². The van der Waals surface area contributed by atoms with E-state index in [0.29, 0.717) is 5.69 Å². The van der Waals surface area contributed by atoms with Crippen molar-refractivity contribution in [2.24, 2.45) is 0 Å². The van der Waals surface area contributed by atoms with Gasteiger partial charge in [-0.05, 0) is 36.1 Å². The van der Waals surface area contributed by atoms with E-state index in [9.17, 15) is 0 Å². The first-order valence-electron chi connectivity index (χ1n) is 4.11. The molecule has 11 heavy (non-hydrogen) atoms. The van der Waals surface area contributed by atoms with Crippen LogP contribution in [0.15, 0.2) is 18.2 Å². The topological polar surface area (TPSA) is 23.8 Å². The molecular formula is C10H14N. The maximum absolute atomic E-state index is 7.41. The van der Waals surface area contributed by atoms with Crippen molar-refractivity contribution in [3.05, 3.63) is 29.3 Å². The molecule has 1 aromatic carbocycles. The van der Waals surface area contributed by atoms with Crippen molar-refractivity contribution in [1.29, 1.82) is 0 Å². The van der Waals surface area contributed by atoms with Gasteiger partial charge in [0.15, 0.2) is 0 Å². The summed E-state index contributed by atoms with van der Waals surface area (Å²) in [7, 11) is 0. The SMILES string of the molecule is CCc1ccc([NH])cc1CC. The lowest BCUT2D eigenvalue weighted by Gasteiger charge is -2.04. The zero-order chi connectivity index (χ0) is 8.27. The Morgan fingerprint density at radius 1 is 1.09 bits per heavy atom. The molecule has 0 aliphatic carbocycles. The lowest BCUT2D eigenvalue weighted by Crippen LogP contribution is -1.89. The summed E-state index contributed by atoms with van der Waals surface area (Å²) in [6.07, 6.45) is 2.11. The van der Waals surface area contributed by atoms with E-state index < -0.39 is 0 Å². The zero-order valence-corrected chi connectivity index (χ0v) is 7.15. The first-order valence-corrected chi connectivity index (χ1v) is 4.11. The Hall–Kier alpha value is -0.980. The molecule has 0 aliphatic rings. The molecule has 59 valence electrons. The van der Waals surface area contributed by atoms with Gasteiger partial charge in [0.25, 0.3) is 0 Å². The molecule has 1 nitrogen and oxygen atoms in total. The predicted octanol–water partition coefficient (Wildman–Crippen LogP) is 2.73. The maximum Gasteiger partial charge on any atom is 0.0542 e. The van der Waals surface area contributed by atoms with Crippen molar-refractivity contribution in [3.8, 4) is 0 Å². The molecule has 0 bridgehead atoms. The number of rotatable bonds is 2. The van der Waals surface area contributed by atoms with E-state index in [4.69, 9.17) is 5.73 Å². The average molecular weight is 148 g/mol. The fraction of sp³-hybridized carbons (Fsp3) is 0.400. The summed E-state index contributed by atoms with van der Waals surface area (Å²) in [5.41, 5.74) is 10.7. The molecule has 0 heterocycles. The van der Waals surface area contributed by atoms with E-state index in [1.807, 2.05) is 12.1 Å². The number of hydrogen-bond acceptors (Lipinski definition) is 0. The van der Waals surface area contributed by atoms with Gasteiger partial charge in [-0.3, -0.25) is 0 Å². The van der Waals surface area contributed by atoms with Crippen LogP contribution in [0.5, 0.6) is 0 Å². The molecule has 1 aromatic rings. The average Bonchev–Trinajstić information content (AvgIpc) is 2.04. The van der Waals surface area contributed by atoms with Crippen molar-refractivity contribution in [3.63, 3.8) is 0 Å². The van der Waals surface area contributed by atoms with Crippen LogP contribution in [-0.2, 0) is 12.8 Å². The summed E-state index contributed by atoms with van der Waals surface area (Å²) >= 11 is 0. The Morgan fingerprint density at radius 3 is 2.27 bits per heavy atom. The lowest BCUT2D eigenvalue weighted by molar-refractivity contribution is 1.04. The molecule has 0 atom stereocenters. The summed E-state index contributed by atoms with van der Waals surface area (Å²) < 4.78 is 0. The van der Waals surface area contributed by atoms with Crippen molar-refractivity contribution in [1.82, 2.24) is 5.73 Å². The third-order valence-electron chi connectivity index (χ3n) is 1.97. The standard InChI is InChI=1S/C10H14N/c1-3-8-5-6-10(11)7-9(8)4-2/h5-7,11H,3-4H2,1-2H3. The second-order valence-electron chi connectivity index (χ2n) is 2.69. The van der Waals surface area contributed by atoms with E-state index in [2.05, 4.69) is 19.9 Å². The van der Waals surface area contributed by atoms with Crippen LogP contribution < -0.4 is 5.73 Å². The third kappa shape index (κ3) is 1.73. The molecule has 1 rings (SSSR count). The fourth-order valence-electron chi connectivity index (χ4n) is 1.30. The Balaban J connectivity index is 3.06. The molecule has 1 radical (unpaired) electrons. The summed E-state index contributed by atoms with van der Waals surface area (Å²) in [4.78, 5) is 0. The highest BCUT2D eigenvalue weighted by molar-refractivity contribution is 5.42. The Kier molecular flexibility index (Phi) is 2.53. The second kappa shape index (κ2) is 3.42. The van der Waals surface area contributed by atoms with E-state index in [1.54, 1.807) is 0 Å². The van der Waals surface area contributed by atoms with Gasteiger partial charge in [0, 0.05) is 0 Å². The third-order valence-corrected chi connectivity index (χ3v) is 1.97. The van der Waals surface area contributed by atoms with Crippen molar-refractivity contribution >= 4 is 5.69 Å². The van der Waals surface area contributed by atoms with Gasteiger partial charge in [-0.15, -0.1) is 0 Å². The predicted molar refractivity (Wildman–Crippen MR) is 48.0 cm³/mol. The van der Waals surface area contributed by atoms with Crippen LogP contribution in [0.25, 0.3) is 0 Å². The summed E-state index contributed by atoms with van der Waals surface area (Å²) in [6, 6.07) is 5.87. The maximum atomic E-state index is 7.41. The van der Waals surface area contributed by atoms with E-state index in [1.165, 1.54) is 11.1 Å². The van der Waals surface area contributed by atoms with Gasteiger partial charge in [-0.25, -0.2) is 0 Å². The fourth-order valence-corrected chi connectivity index (χ4v) is 1.30. The molecule has 0 aromatic heterocycles. The first kappa shape index (κ1) is 8.12. The van der Waals surface area contributed by atoms with Gasteiger partial charge >= 0.3 is 0 Å². The highest BCUT2D eigenvalue weighted by atomic mass is 14.5. The largest absolute Gasteiger partial charge is 0.301 e. The number of benzene rings is 1. The van der Waals surface area contributed by atoms with Crippen LogP contribution in [0.2, 0.25) is 0 Å². The molecule has 0 saturated carbocycles. The van der Waals surface area contributed by atoms with Gasteiger partial charge in [0.1, 0.15) is 0 Å². The van der Waals surface area contributed by atoms with E-state index in [-0.39, 0.29) is 0 Å². The minimum atomic E-state index is 0.624. The van der Waals surface area contributed by atoms with Gasteiger partial charge in [-0.1, -0.05) is 19.9 Å². The smallest absolute Gasteiger partial charge is 0.0542 e. The van der Waals surface area contributed by atoms with Gasteiger partial charge in [0.05, 0.1) is 5.69 Å². The summed E-state index contributed by atoms with van der Waals surface area (Å²) in [5.74, 6) is 0. The Morgan fingerprint density at radius 2 is 1.73 bits per heavy atom. The summed E-state index contributed by atoms with van der Waals surface area (Å²) in [5, 5.41) is 0. The van der Waals surface area contributed by atoms with Crippen LogP contribution in [0.3, 0.4) is 0 Å². The van der Waals surface area contributed by atoms with E-state index >= 15 is 0 Å². The normalized spacial score (nSPS) is 10.0. The summed E-state index contributed by atoms with van der Waals surface area (Å²) in [6.45, 7) is 4.28. The van der Waals surface area contributed by atoms with Crippen molar-refractivity contribution in [2.75, 3.05) is 0 Å². The monoisotopic (exact) mass is 148 g/mol. The minimum absolute atomic E-state index is 0.624. The highest BCUT2D eigenvalue weighted by Gasteiger charge is 1.97. The molecule has 1 N–H and O–H groups in total. The molecule has 0 spiro atoms. The molecule has 0 saturated heterocycles. The first-order chi connectivity index (χ1) is 5.27.